The van der Waals surface area contributed by atoms with E-state index in [-0.39, 0.29) is 18.9 Å². The lowest BCUT2D eigenvalue weighted by molar-refractivity contribution is -0.128. The van der Waals surface area contributed by atoms with E-state index in [1.165, 1.54) is 0 Å². The zero-order chi connectivity index (χ0) is 17.0. The number of fused-ring (bicyclic) bond motifs is 1. The first-order chi connectivity index (χ1) is 11.6. The Kier molecular flexibility index (Phi) is 5.08. The van der Waals surface area contributed by atoms with E-state index >= 15 is 0 Å². The van der Waals surface area contributed by atoms with E-state index in [9.17, 15) is 9.90 Å². The molecule has 1 saturated heterocycles. The Morgan fingerprint density at radius 2 is 2.21 bits per heavy atom. The molecule has 24 heavy (non-hydrogen) atoms. The number of nitrogens with zero attached hydrogens (tertiary/aromatic N) is 2. The van der Waals surface area contributed by atoms with Gasteiger partial charge in [-0.1, -0.05) is 24.3 Å². The molecule has 0 spiro atoms. The zero-order valence-corrected chi connectivity index (χ0v) is 13.9. The Labute approximate surface area is 141 Å². The van der Waals surface area contributed by atoms with Crippen molar-refractivity contribution in [3.8, 4) is 0 Å². The second-order valence-electron chi connectivity index (χ2n) is 6.33. The average molecular weight is 329 g/mol. The van der Waals surface area contributed by atoms with Crippen LogP contribution in [0.1, 0.15) is 12.1 Å². The van der Waals surface area contributed by atoms with Crippen molar-refractivity contribution in [1.82, 2.24) is 15.2 Å². The van der Waals surface area contributed by atoms with Crippen molar-refractivity contribution in [2.24, 2.45) is 0 Å². The molecule has 6 heteroatoms. The number of para-hydroxylation sites is 1. The van der Waals surface area contributed by atoms with Gasteiger partial charge in [0.2, 0.25) is 5.91 Å². The van der Waals surface area contributed by atoms with Crippen LogP contribution < -0.4 is 5.32 Å². The van der Waals surface area contributed by atoms with Crippen molar-refractivity contribution < 1.29 is 14.6 Å². The summed E-state index contributed by atoms with van der Waals surface area (Å²) < 4.78 is 5.50. The van der Waals surface area contributed by atoms with Crippen LogP contribution in [0.5, 0.6) is 0 Å². The van der Waals surface area contributed by atoms with Gasteiger partial charge in [0.05, 0.1) is 30.8 Å². The summed E-state index contributed by atoms with van der Waals surface area (Å²) in [6.45, 7) is 2.40. The second-order valence-corrected chi connectivity index (χ2v) is 6.33. The number of aromatic nitrogens is 1. The van der Waals surface area contributed by atoms with Crippen LogP contribution in [-0.4, -0.2) is 59.8 Å². The highest BCUT2D eigenvalue weighted by atomic mass is 16.5. The van der Waals surface area contributed by atoms with Crippen molar-refractivity contribution in [3.63, 3.8) is 0 Å². The van der Waals surface area contributed by atoms with Crippen molar-refractivity contribution in [3.05, 3.63) is 42.1 Å². The zero-order valence-electron chi connectivity index (χ0n) is 13.9. The number of hydrogen-bond donors (Lipinski definition) is 2. The molecule has 1 amide bonds. The first kappa shape index (κ1) is 16.8. The maximum absolute atomic E-state index is 11.7. The van der Waals surface area contributed by atoms with Crippen molar-refractivity contribution in [2.45, 2.75) is 18.6 Å². The molecule has 0 unspecified atom stereocenters. The van der Waals surface area contributed by atoms with Crippen LogP contribution in [0, 0.1) is 0 Å². The monoisotopic (exact) mass is 329 g/mol. The van der Waals surface area contributed by atoms with Gasteiger partial charge in [-0.05, 0) is 12.1 Å². The number of carbonyl (C=O) groups is 1. The standard InChI is InChI=1S/C18H23N3O3/c1-19-17(22)10-18(23)12-21(8-9-24-13-18)11-15-7-6-14-4-2-3-5-16(14)20-15/h2-7,23H,8-13H2,1H3,(H,19,22)/t18-/m1/s1. The molecule has 1 aliphatic heterocycles. The number of β-amino-alcohol motifs (C(OH)–C–C–N with tert-alkyl or cyclic N) is 1. The molecule has 2 heterocycles. The number of pyridine rings is 1. The molecule has 0 radical (unpaired) electrons. The number of ether oxygens (including phenoxy) is 1. The summed E-state index contributed by atoms with van der Waals surface area (Å²) in [6.07, 6.45) is 0.0329. The van der Waals surface area contributed by atoms with Gasteiger partial charge in [-0.3, -0.25) is 14.7 Å². The molecular weight excluding hydrogens is 306 g/mol. The molecule has 2 N–H and O–H groups in total. The molecule has 2 aromatic rings. The summed E-state index contributed by atoms with van der Waals surface area (Å²) in [6, 6.07) is 12.1. The Morgan fingerprint density at radius 1 is 1.38 bits per heavy atom. The minimum atomic E-state index is -1.17. The first-order valence-corrected chi connectivity index (χ1v) is 8.16. The smallest absolute Gasteiger partial charge is 0.222 e. The minimum absolute atomic E-state index is 0.0329. The number of nitrogens with one attached hydrogen (secondary N) is 1. The average Bonchev–Trinajstić information content (AvgIpc) is 2.76. The molecule has 1 aromatic heterocycles. The van der Waals surface area contributed by atoms with E-state index in [0.29, 0.717) is 26.2 Å². The third-order valence-electron chi connectivity index (χ3n) is 4.25. The highest BCUT2D eigenvalue weighted by molar-refractivity contribution is 5.78. The van der Waals surface area contributed by atoms with Crippen LogP contribution >= 0.6 is 0 Å². The Morgan fingerprint density at radius 3 is 3.04 bits per heavy atom. The maximum Gasteiger partial charge on any atom is 0.222 e. The van der Waals surface area contributed by atoms with E-state index in [1.807, 2.05) is 30.3 Å². The Balaban J connectivity index is 1.73. The molecular formula is C18H23N3O3. The summed E-state index contributed by atoms with van der Waals surface area (Å²) in [5.41, 5.74) is 0.729. The van der Waals surface area contributed by atoms with Crippen molar-refractivity contribution in [1.29, 1.82) is 0 Å². The van der Waals surface area contributed by atoms with Crippen LogP contribution in [0.25, 0.3) is 10.9 Å². The third kappa shape index (κ3) is 4.08. The first-order valence-electron chi connectivity index (χ1n) is 8.16. The van der Waals surface area contributed by atoms with Crippen LogP contribution in [0.15, 0.2) is 36.4 Å². The van der Waals surface area contributed by atoms with Crippen molar-refractivity contribution >= 4 is 16.8 Å². The summed E-state index contributed by atoms with van der Waals surface area (Å²) in [4.78, 5) is 18.4. The molecule has 128 valence electrons. The molecule has 1 atom stereocenters. The van der Waals surface area contributed by atoms with E-state index in [4.69, 9.17) is 4.74 Å². The van der Waals surface area contributed by atoms with Crippen LogP contribution in [0.2, 0.25) is 0 Å². The number of hydrogen-bond acceptors (Lipinski definition) is 5. The van der Waals surface area contributed by atoms with Gasteiger partial charge in [0.25, 0.3) is 0 Å². The summed E-state index contributed by atoms with van der Waals surface area (Å²) >= 11 is 0. The van der Waals surface area contributed by atoms with E-state index in [2.05, 4.69) is 21.3 Å². The van der Waals surface area contributed by atoms with E-state index in [1.54, 1.807) is 7.05 Å². The highest BCUT2D eigenvalue weighted by Crippen LogP contribution is 2.19. The normalized spacial score (nSPS) is 22.2. The maximum atomic E-state index is 11.7. The fourth-order valence-corrected chi connectivity index (χ4v) is 3.05. The van der Waals surface area contributed by atoms with E-state index < -0.39 is 5.60 Å². The summed E-state index contributed by atoms with van der Waals surface area (Å²) in [5, 5.41) is 14.4. The van der Waals surface area contributed by atoms with Gasteiger partial charge in [0.15, 0.2) is 0 Å². The number of rotatable bonds is 4. The molecule has 0 aliphatic carbocycles. The topological polar surface area (TPSA) is 74.7 Å². The molecule has 3 rings (SSSR count). The quantitative estimate of drug-likeness (QED) is 0.873. The Bertz CT molecular complexity index is 721. The van der Waals surface area contributed by atoms with Gasteiger partial charge in [0, 0.05) is 32.1 Å². The summed E-state index contributed by atoms with van der Waals surface area (Å²) in [5.74, 6) is -0.188. The van der Waals surface area contributed by atoms with E-state index in [0.717, 1.165) is 16.6 Å². The SMILES string of the molecule is CNC(=O)C[C@]1(O)COCCN(Cc2ccc3ccccc3n2)C1. The number of carbonyl (C=O) groups excluding carboxylic acids is 1. The number of amides is 1. The van der Waals surface area contributed by atoms with Crippen molar-refractivity contribution in [2.75, 3.05) is 33.4 Å². The highest BCUT2D eigenvalue weighted by Gasteiger charge is 2.34. The van der Waals surface area contributed by atoms with Crippen LogP contribution in [-0.2, 0) is 16.1 Å². The second kappa shape index (κ2) is 7.25. The van der Waals surface area contributed by atoms with Crippen LogP contribution in [0.3, 0.4) is 0 Å². The number of benzene rings is 1. The van der Waals surface area contributed by atoms with Gasteiger partial charge >= 0.3 is 0 Å². The minimum Gasteiger partial charge on any atom is -0.386 e. The van der Waals surface area contributed by atoms with Gasteiger partial charge < -0.3 is 15.2 Å². The molecule has 1 aromatic carbocycles. The van der Waals surface area contributed by atoms with Crippen LogP contribution in [0.4, 0.5) is 0 Å². The fraction of sp³-hybridized carbons (Fsp3) is 0.444. The predicted octanol–water partition coefficient (Wildman–Crippen LogP) is 0.934. The lowest BCUT2D eigenvalue weighted by Gasteiger charge is -2.30. The van der Waals surface area contributed by atoms with Gasteiger partial charge in [-0.15, -0.1) is 0 Å². The number of aliphatic hydroxyl groups is 1. The third-order valence-corrected chi connectivity index (χ3v) is 4.25. The lowest BCUT2D eigenvalue weighted by atomic mass is 9.99. The van der Waals surface area contributed by atoms with Gasteiger partial charge in [-0.2, -0.15) is 0 Å². The molecule has 1 fully saturated rings. The van der Waals surface area contributed by atoms with Gasteiger partial charge in [0.1, 0.15) is 5.60 Å². The lowest BCUT2D eigenvalue weighted by Crippen LogP contribution is -2.47. The largest absolute Gasteiger partial charge is 0.386 e. The molecule has 0 saturated carbocycles. The molecule has 1 aliphatic rings. The van der Waals surface area contributed by atoms with Gasteiger partial charge in [-0.25, -0.2) is 0 Å². The molecule has 0 bridgehead atoms. The fourth-order valence-electron chi connectivity index (χ4n) is 3.05. The summed E-state index contributed by atoms with van der Waals surface area (Å²) in [7, 11) is 1.57. The Hall–Kier alpha value is -2.02. The molecule has 6 nitrogen and oxygen atoms in total. The predicted molar refractivity (Wildman–Crippen MR) is 91.5 cm³/mol.